The molecule has 4 nitrogen and oxygen atoms in total. The second-order valence-electron chi connectivity index (χ2n) is 1.16. The van der Waals surface area contributed by atoms with Gasteiger partial charge < -0.3 is 0 Å². The summed E-state index contributed by atoms with van der Waals surface area (Å²) < 4.78 is 23.3. The van der Waals surface area contributed by atoms with E-state index in [1.54, 1.807) is 0 Å². The van der Waals surface area contributed by atoms with Crippen LogP contribution in [0, 0.1) is 0 Å². The van der Waals surface area contributed by atoms with Crippen molar-refractivity contribution in [2.75, 3.05) is 6.61 Å². The van der Waals surface area contributed by atoms with Crippen LogP contribution in [0.15, 0.2) is 0 Å². The first-order chi connectivity index (χ1) is 4.13. The van der Waals surface area contributed by atoms with Crippen molar-refractivity contribution in [3.8, 4) is 0 Å². The third kappa shape index (κ3) is 7.87. The monoisotopic (exact) mass is 172 g/mol. The highest BCUT2D eigenvalue weighted by atomic mass is 35.5. The second-order valence-corrected chi connectivity index (χ2v) is 2.29. The Balaban J connectivity index is 3.21. The molecule has 0 N–H and O–H groups in total. The molecule has 0 spiro atoms. The van der Waals surface area contributed by atoms with Crippen molar-refractivity contribution in [1.82, 2.24) is 0 Å². The second kappa shape index (κ2) is 4.72. The van der Waals surface area contributed by atoms with E-state index in [9.17, 15) is 13.2 Å². The van der Waals surface area contributed by atoms with Crippen LogP contribution in [0.1, 0.15) is 6.42 Å². The highest BCUT2D eigenvalue weighted by molar-refractivity contribution is 7.67. The molecule has 0 atom stereocenters. The Bertz CT molecular complexity index is 155. The molecule has 0 aromatic carbocycles. The van der Waals surface area contributed by atoms with Gasteiger partial charge in [-0.1, -0.05) is 0 Å². The Kier molecular flexibility index (Phi) is 4.65. The Hall–Kier alpha value is -0.130. The van der Waals surface area contributed by atoms with Crippen LogP contribution >= 0.6 is 11.6 Å². The zero-order valence-corrected chi connectivity index (χ0v) is 6.02. The van der Waals surface area contributed by atoms with Crippen LogP contribution in [0.5, 0.6) is 0 Å². The molecule has 6 heteroatoms. The largest absolute Gasteiger partial charge is 0.281 e. The average molecular weight is 173 g/mol. The molecule has 0 aromatic rings. The van der Waals surface area contributed by atoms with Crippen molar-refractivity contribution < 1.29 is 17.4 Å². The zero-order valence-electron chi connectivity index (χ0n) is 4.37. The minimum atomic E-state index is -2.84. The first kappa shape index (κ1) is 8.87. The van der Waals surface area contributed by atoms with E-state index in [0.29, 0.717) is 0 Å². The lowest BCUT2D eigenvalue weighted by atomic mass is 10.5. The van der Waals surface area contributed by atoms with Gasteiger partial charge in [0.25, 0.3) is 11.0 Å². The molecule has 0 bridgehead atoms. The third-order valence-electron chi connectivity index (χ3n) is 0.495. The summed E-state index contributed by atoms with van der Waals surface area (Å²) in [6.45, 7) is -0.166. The average Bonchev–Trinajstić information content (AvgIpc) is 1.63. The van der Waals surface area contributed by atoms with Crippen LogP contribution in [0.3, 0.4) is 0 Å². The Morgan fingerprint density at radius 2 is 2.11 bits per heavy atom. The van der Waals surface area contributed by atoms with Gasteiger partial charge >= 0.3 is 0 Å². The highest BCUT2D eigenvalue weighted by Crippen LogP contribution is 1.88. The molecule has 9 heavy (non-hydrogen) atoms. The Morgan fingerprint density at radius 3 is 2.44 bits per heavy atom. The van der Waals surface area contributed by atoms with Gasteiger partial charge in [0.2, 0.25) is 5.24 Å². The van der Waals surface area contributed by atoms with E-state index < -0.39 is 16.2 Å². The van der Waals surface area contributed by atoms with Gasteiger partial charge in [-0.15, -0.1) is 0 Å². The molecule has 0 saturated carbocycles. The molecule has 0 aromatic heterocycles. The summed E-state index contributed by atoms with van der Waals surface area (Å²) in [5, 5.41) is -0.605. The number of rotatable bonds is 4. The van der Waals surface area contributed by atoms with E-state index in [0.717, 1.165) is 0 Å². The molecule has 0 radical (unpaired) electrons. The van der Waals surface area contributed by atoms with Crippen molar-refractivity contribution in [3.05, 3.63) is 0 Å². The molecule has 0 amide bonds. The summed E-state index contributed by atoms with van der Waals surface area (Å²) >= 11 is 4.85. The predicted octanol–water partition coefficient (Wildman–Crippen LogP) is -0.315. The molecule has 0 heterocycles. The van der Waals surface area contributed by atoms with Crippen molar-refractivity contribution >= 4 is 27.8 Å². The zero-order chi connectivity index (χ0) is 7.28. The number of hydrogen-bond donors (Lipinski definition) is 1. The first-order valence-corrected chi connectivity index (χ1v) is 3.56. The summed E-state index contributed by atoms with van der Waals surface area (Å²) in [5.74, 6) is 0. The Labute approximate surface area is 58.9 Å². The lowest BCUT2D eigenvalue weighted by Gasteiger charge is -1.87. The standard InChI is InChI=1S/C3H5ClO4S/c4-3(5)1-2-8-9(6)7/h9H,1-2H2. The van der Waals surface area contributed by atoms with E-state index in [-0.39, 0.29) is 13.0 Å². The van der Waals surface area contributed by atoms with E-state index in [1.165, 1.54) is 0 Å². The van der Waals surface area contributed by atoms with Gasteiger partial charge in [-0.3, -0.25) is 8.98 Å². The first-order valence-electron chi connectivity index (χ1n) is 2.08. The Morgan fingerprint density at radius 1 is 1.56 bits per heavy atom. The van der Waals surface area contributed by atoms with Crippen LogP contribution in [-0.4, -0.2) is 20.3 Å². The summed E-state index contributed by atoms with van der Waals surface area (Å²) in [7, 11) is -2.84. The quantitative estimate of drug-likeness (QED) is 0.467. The fourth-order valence-corrected chi connectivity index (χ4v) is 0.518. The number of halogens is 1. The van der Waals surface area contributed by atoms with Crippen LogP contribution in [0.2, 0.25) is 0 Å². The smallest absolute Gasteiger partial charge is 0.257 e. The van der Waals surface area contributed by atoms with Crippen molar-refractivity contribution in [2.24, 2.45) is 0 Å². The maximum Gasteiger partial charge on any atom is 0.257 e. The molecule has 0 aliphatic rings. The van der Waals surface area contributed by atoms with E-state index in [4.69, 9.17) is 11.6 Å². The molecule has 0 saturated heterocycles. The molecule has 0 aliphatic heterocycles. The van der Waals surface area contributed by atoms with Gasteiger partial charge in [-0.25, -0.2) is 8.42 Å². The van der Waals surface area contributed by atoms with Crippen LogP contribution in [0.4, 0.5) is 0 Å². The maximum atomic E-state index is 9.91. The van der Waals surface area contributed by atoms with Crippen LogP contribution in [0.25, 0.3) is 0 Å². The number of thiol groups is 1. The molecule has 0 rings (SSSR count). The van der Waals surface area contributed by atoms with Crippen molar-refractivity contribution in [3.63, 3.8) is 0 Å². The number of carbonyl (C=O) groups is 1. The van der Waals surface area contributed by atoms with Gasteiger partial charge in [0.05, 0.1) is 6.61 Å². The van der Waals surface area contributed by atoms with Crippen LogP contribution < -0.4 is 0 Å². The van der Waals surface area contributed by atoms with E-state index >= 15 is 0 Å². The minimum absolute atomic E-state index is 0.0785. The topological polar surface area (TPSA) is 60.4 Å². The van der Waals surface area contributed by atoms with Gasteiger partial charge in [-0.2, -0.15) is 0 Å². The predicted molar refractivity (Wildman–Crippen MR) is 31.7 cm³/mol. The third-order valence-corrected chi connectivity index (χ3v) is 1.08. The fourth-order valence-electron chi connectivity index (χ4n) is 0.200. The molecule has 0 unspecified atom stereocenters. The molecular weight excluding hydrogens is 168 g/mol. The van der Waals surface area contributed by atoms with E-state index in [1.807, 2.05) is 0 Å². The molecular formula is C3H5ClO4S. The summed E-state index contributed by atoms with van der Waals surface area (Å²) in [5.41, 5.74) is 0. The summed E-state index contributed by atoms with van der Waals surface area (Å²) in [6.07, 6.45) is -0.0785. The minimum Gasteiger partial charge on any atom is -0.281 e. The molecule has 0 aliphatic carbocycles. The van der Waals surface area contributed by atoms with E-state index in [2.05, 4.69) is 4.18 Å². The number of carbonyl (C=O) groups excluding carboxylic acids is 1. The number of hydrogen-bond acceptors (Lipinski definition) is 4. The summed E-state index contributed by atoms with van der Waals surface area (Å²) in [4.78, 5) is 9.91. The van der Waals surface area contributed by atoms with Crippen LogP contribution in [-0.2, 0) is 20.0 Å². The SMILES string of the molecule is O=C(Cl)CCO[SH](=O)=O. The normalized spacial score (nSPS) is 10.0. The molecule has 54 valence electrons. The van der Waals surface area contributed by atoms with Gasteiger partial charge in [-0.05, 0) is 11.6 Å². The van der Waals surface area contributed by atoms with Gasteiger partial charge in [0.1, 0.15) is 0 Å². The fraction of sp³-hybridized carbons (Fsp3) is 0.667. The van der Waals surface area contributed by atoms with Crippen molar-refractivity contribution in [1.29, 1.82) is 0 Å². The summed E-state index contributed by atoms with van der Waals surface area (Å²) in [6, 6.07) is 0. The highest BCUT2D eigenvalue weighted by Gasteiger charge is 1.94. The lowest BCUT2D eigenvalue weighted by molar-refractivity contribution is -0.112. The maximum absolute atomic E-state index is 9.91. The van der Waals surface area contributed by atoms with Gasteiger partial charge in [0, 0.05) is 6.42 Å². The van der Waals surface area contributed by atoms with Crippen molar-refractivity contribution in [2.45, 2.75) is 6.42 Å². The van der Waals surface area contributed by atoms with Gasteiger partial charge in [0.15, 0.2) is 0 Å². The molecule has 0 fully saturated rings. The lowest BCUT2D eigenvalue weighted by Crippen LogP contribution is -1.96.